The number of aryl methyl sites for hydroxylation is 2. The summed E-state index contributed by atoms with van der Waals surface area (Å²) in [6, 6.07) is 6.79. The number of aromatic nitrogens is 5. The van der Waals surface area contributed by atoms with Crippen LogP contribution in [0.25, 0.3) is 11.1 Å². The molecule has 4 heterocycles. The van der Waals surface area contributed by atoms with Gasteiger partial charge in [0.2, 0.25) is 0 Å². The maximum atomic E-state index is 4.54. The largest absolute Gasteiger partial charge is 0.312 e. The van der Waals surface area contributed by atoms with E-state index in [2.05, 4.69) is 61.4 Å². The first-order valence-electron chi connectivity index (χ1n) is 10.6. The third-order valence-corrected chi connectivity index (χ3v) is 6.28. The highest BCUT2D eigenvalue weighted by Gasteiger charge is 2.27. The molecule has 0 saturated carbocycles. The highest BCUT2D eigenvalue weighted by Crippen LogP contribution is 2.31. The molecule has 1 aromatic carbocycles. The van der Waals surface area contributed by atoms with Gasteiger partial charge in [0.15, 0.2) is 0 Å². The molecule has 1 fully saturated rings. The fourth-order valence-corrected chi connectivity index (χ4v) is 4.66. The van der Waals surface area contributed by atoms with Crippen molar-refractivity contribution >= 4 is 0 Å². The van der Waals surface area contributed by atoms with Crippen LogP contribution in [0.1, 0.15) is 41.5 Å². The quantitative estimate of drug-likeness (QED) is 0.740. The lowest BCUT2D eigenvalue weighted by Gasteiger charge is -2.32. The van der Waals surface area contributed by atoms with Gasteiger partial charge in [-0.3, -0.25) is 9.58 Å². The molecule has 29 heavy (non-hydrogen) atoms. The number of hydrogen-bond donors (Lipinski definition) is 1. The maximum absolute atomic E-state index is 4.54. The van der Waals surface area contributed by atoms with E-state index in [0.717, 1.165) is 57.9 Å². The second-order valence-electron chi connectivity index (χ2n) is 8.42. The predicted molar refractivity (Wildman–Crippen MR) is 112 cm³/mol. The number of hydrogen-bond acceptors (Lipinski definition) is 5. The third-order valence-electron chi connectivity index (χ3n) is 6.28. The highest BCUT2D eigenvalue weighted by molar-refractivity contribution is 5.66. The van der Waals surface area contributed by atoms with Gasteiger partial charge in [-0.15, -0.1) is 10.2 Å². The first kappa shape index (κ1) is 18.5. The van der Waals surface area contributed by atoms with E-state index in [9.17, 15) is 0 Å². The molecule has 0 unspecified atom stereocenters. The van der Waals surface area contributed by atoms with E-state index >= 15 is 0 Å². The van der Waals surface area contributed by atoms with Crippen molar-refractivity contribution in [3.63, 3.8) is 0 Å². The summed E-state index contributed by atoms with van der Waals surface area (Å²) >= 11 is 0. The van der Waals surface area contributed by atoms with Crippen molar-refractivity contribution in [2.45, 2.75) is 45.3 Å². The fraction of sp³-hybridized carbons (Fsp3) is 0.500. The summed E-state index contributed by atoms with van der Waals surface area (Å²) in [5.74, 6) is 2.82. The molecule has 7 heteroatoms. The Kier molecular flexibility index (Phi) is 4.93. The molecule has 0 aliphatic carbocycles. The summed E-state index contributed by atoms with van der Waals surface area (Å²) in [6.07, 6.45) is 6.38. The number of rotatable bonds is 4. The summed E-state index contributed by atoms with van der Waals surface area (Å²) in [6.45, 7) is 8.20. The van der Waals surface area contributed by atoms with Gasteiger partial charge < -0.3 is 9.88 Å². The monoisotopic (exact) mass is 391 g/mol. The number of piperidine rings is 1. The van der Waals surface area contributed by atoms with Crippen molar-refractivity contribution in [2.24, 2.45) is 7.05 Å². The van der Waals surface area contributed by atoms with Gasteiger partial charge >= 0.3 is 0 Å². The van der Waals surface area contributed by atoms with Gasteiger partial charge in [0.25, 0.3) is 0 Å². The zero-order chi connectivity index (χ0) is 19.8. The van der Waals surface area contributed by atoms with Crippen LogP contribution in [0, 0.1) is 6.92 Å². The summed E-state index contributed by atoms with van der Waals surface area (Å²) in [7, 11) is 1.98. The normalized spacial score (nSPS) is 18.1. The molecular weight excluding hydrogens is 362 g/mol. The molecule has 0 bridgehead atoms. The van der Waals surface area contributed by atoms with Crippen molar-refractivity contribution in [1.29, 1.82) is 0 Å². The van der Waals surface area contributed by atoms with E-state index in [0.29, 0.717) is 5.92 Å². The topological polar surface area (TPSA) is 63.8 Å². The Labute approximate surface area is 171 Å². The zero-order valence-electron chi connectivity index (χ0n) is 17.3. The first-order valence-corrected chi connectivity index (χ1v) is 10.6. The molecule has 0 spiro atoms. The van der Waals surface area contributed by atoms with Gasteiger partial charge in [0, 0.05) is 44.4 Å². The Morgan fingerprint density at radius 1 is 1.14 bits per heavy atom. The van der Waals surface area contributed by atoms with Crippen LogP contribution in [0.2, 0.25) is 0 Å². The molecule has 0 atom stereocenters. The SMILES string of the molecule is Cc1ccc(CN2CCC(c3nnc4n3CCNC4)CC2)c(-c2cnn(C)c2)c1. The van der Waals surface area contributed by atoms with Crippen LogP contribution in [-0.4, -0.2) is 49.1 Å². The van der Waals surface area contributed by atoms with Gasteiger partial charge in [-0.2, -0.15) is 5.10 Å². The second-order valence-corrected chi connectivity index (χ2v) is 8.42. The Morgan fingerprint density at radius 2 is 2.00 bits per heavy atom. The van der Waals surface area contributed by atoms with E-state index in [4.69, 9.17) is 0 Å². The van der Waals surface area contributed by atoms with Crippen LogP contribution in [-0.2, 0) is 26.7 Å². The molecule has 5 rings (SSSR count). The van der Waals surface area contributed by atoms with E-state index in [1.807, 2.05) is 17.9 Å². The van der Waals surface area contributed by atoms with Crippen LogP contribution in [0.5, 0.6) is 0 Å². The molecule has 2 aliphatic heterocycles. The predicted octanol–water partition coefficient (Wildman–Crippen LogP) is 2.47. The van der Waals surface area contributed by atoms with Gasteiger partial charge in [-0.05, 0) is 44.0 Å². The fourth-order valence-electron chi connectivity index (χ4n) is 4.66. The van der Waals surface area contributed by atoms with Gasteiger partial charge in [-0.1, -0.05) is 23.8 Å². The van der Waals surface area contributed by atoms with Crippen LogP contribution in [0.3, 0.4) is 0 Å². The minimum atomic E-state index is 0.529. The molecule has 0 radical (unpaired) electrons. The summed E-state index contributed by atoms with van der Waals surface area (Å²) in [5.41, 5.74) is 5.18. The van der Waals surface area contributed by atoms with Crippen LogP contribution < -0.4 is 5.32 Å². The highest BCUT2D eigenvalue weighted by atomic mass is 15.3. The third kappa shape index (κ3) is 3.72. The Hall–Kier alpha value is -2.51. The maximum Gasteiger partial charge on any atom is 0.147 e. The Balaban J connectivity index is 1.28. The standard InChI is InChI=1S/C22H29N7/c1-16-3-4-18(20(11-16)19-12-24-27(2)14-19)15-28-8-5-17(6-9-28)22-26-25-21-13-23-7-10-29(21)22/h3-4,11-12,14,17,23H,5-10,13,15H2,1-2H3. The van der Waals surface area contributed by atoms with Crippen LogP contribution >= 0.6 is 0 Å². The number of likely N-dealkylation sites (tertiary alicyclic amines) is 1. The van der Waals surface area contributed by atoms with Crippen LogP contribution in [0.15, 0.2) is 30.6 Å². The van der Waals surface area contributed by atoms with Crippen molar-refractivity contribution in [3.05, 3.63) is 53.4 Å². The molecule has 7 nitrogen and oxygen atoms in total. The molecule has 1 N–H and O–H groups in total. The average molecular weight is 392 g/mol. The Morgan fingerprint density at radius 3 is 2.79 bits per heavy atom. The number of nitrogens with one attached hydrogen (secondary N) is 1. The molecule has 0 amide bonds. The number of nitrogens with zero attached hydrogens (tertiary/aromatic N) is 6. The lowest BCUT2D eigenvalue weighted by molar-refractivity contribution is 0.199. The van der Waals surface area contributed by atoms with Crippen LogP contribution in [0.4, 0.5) is 0 Å². The summed E-state index contributed by atoms with van der Waals surface area (Å²) in [4.78, 5) is 2.58. The van der Waals surface area contributed by atoms with Crippen molar-refractivity contribution in [3.8, 4) is 11.1 Å². The van der Waals surface area contributed by atoms with Gasteiger partial charge in [0.1, 0.15) is 11.6 Å². The molecule has 1 saturated heterocycles. The average Bonchev–Trinajstić information content (AvgIpc) is 3.36. The van der Waals surface area contributed by atoms with E-state index in [1.165, 1.54) is 28.1 Å². The number of fused-ring (bicyclic) bond motifs is 1. The lowest BCUT2D eigenvalue weighted by atomic mass is 9.94. The van der Waals surface area contributed by atoms with Crippen molar-refractivity contribution in [2.75, 3.05) is 19.6 Å². The Bertz CT molecular complexity index is 995. The minimum Gasteiger partial charge on any atom is -0.312 e. The molecular formula is C22H29N7. The van der Waals surface area contributed by atoms with E-state index in [-0.39, 0.29) is 0 Å². The van der Waals surface area contributed by atoms with E-state index in [1.54, 1.807) is 0 Å². The van der Waals surface area contributed by atoms with Gasteiger partial charge in [-0.25, -0.2) is 0 Å². The van der Waals surface area contributed by atoms with Crippen molar-refractivity contribution in [1.82, 2.24) is 34.8 Å². The van der Waals surface area contributed by atoms with Gasteiger partial charge in [0.05, 0.1) is 12.7 Å². The zero-order valence-corrected chi connectivity index (χ0v) is 17.3. The molecule has 152 valence electrons. The molecule has 2 aliphatic rings. The smallest absolute Gasteiger partial charge is 0.147 e. The first-order chi connectivity index (χ1) is 14.2. The summed E-state index contributed by atoms with van der Waals surface area (Å²) < 4.78 is 4.22. The summed E-state index contributed by atoms with van der Waals surface area (Å²) in [5, 5.41) is 16.7. The molecule has 3 aromatic rings. The van der Waals surface area contributed by atoms with E-state index < -0.39 is 0 Å². The minimum absolute atomic E-state index is 0.529. The molecule has 2 aromatic heterocycles. The lowest BCUT2D eigenvalue weighted by Crippen LogP contribution is -2.34. The second kappa shape index (κ2) is 7.72. The van der Waals surface area contributed by atoms with Crippen molar-refractivity contribution < 1.29 is 0 Å². The number of benzene rings is 1.